The Labute approximate surface area is 178 Å². The van der Waals surface area contributed by atoms with Crippen LogP contribution in [0.3, 0.4) is 0 Å². The standard InChI is InChI=1S/C18H25N5O.C2HF3O2/c1-2-11-23-14-19-17(21-23)20-18(24)22-12-6-9-16(10-13-22)15-7-4-3-5-8-15;3-2(4,5)1(6)7/h3-5,7-8,14,16H,2,6,9-13H2,1H3,(H,20,21,24);(H,6,7). The van der Waals surface area contributed by atoms with E-state index in [2.05, 4.69) is 46.6 Å². The van der Waals surface area contributed by atoms with Gasteiger partial charge in [0.15, 0.2) is 0 Å². The number of nitrogens with one attached hydrogen (secondary N) is 1. The number of aromatic nitrogens is 3. The van der Waals surface area contributed by atoms with E-state index in [4.69, 9.17) is 9.90 Å². The molecule has 11 heteroatoms. The van der Waals surface area contributed by atoms with Gasteiger partial charge in [-0.25, -0.2) is 14.6 Å². The van der Waals surface area contributed by atoms with E-state index >= 15 is 0 Å². The Kier molecular flexibility index (Phi) is 8.83. The number of alkyl halides is 3. The number of carboxylic acids is 1. The normalized spacial score (nSPS) is 16.6. The number of carboxylic acid groups (broad SMARTS) is 1. The summed E-state index contributed by atoms with van der Waals surface area (Å²) in [5, 5.41) is 14.2. The number of nitrogens with zero attached hydrogens (tertiary/aromatic N) is 4. The molecule has 1 aromatic carbocycles. The number of amides is 2. The van der Waals surface area contributed by atoms with Crippen LogP contribution < -0.4 is 5.32 Å². The fourth-order valence-corrected chi connectivity index (χ4v) is 3.22. The van der Waals surface area contributed by atoms with Crippen LogP contribution in [0.1, 0.15) is 44.1 Å². The second-order valence-electron chi connectivity index (χ2n) is 7.09. The Morgan fingerprint density at radius 3 is 2.48 bits per heavy atom. The molecule has 1 saturated heterocycles. The van der Waals surface area contributed by atoms with E-state index in [0.717, 1.165) is 45.3 Å². The Hall–Kier alpha value is -3.11. The van der Waals surface area contributed by atoms with Crippen LogP contribution in [-0.4, -0.2) is 56.0 Å². The molecule has 3 rings (SSSR count). The Balaban J connectivity index is 0.000000423. The van der Waals surface area contributed by atoms with Gasteiger partial charge in [-0.1, -0.05) is 37.3 Å². The molecule has 2 heterocycles. The van der Waals surface area contributed by atoms with Crippen LogP contribution >= 0.6 is 0 Å². The minimum absolute atomic E-state index is 0.0991. The third kappa shape index (κ3) is 7.91. The number of hydrogen-bond acceptors (Lipinski definition) is 4. The summed E-state index contributed by atoms with van der Waals surface area (Å²) >= 11 is 0. The van der Waals surface area contributed by atoms with E-state index in [-0.39, 0.29) is 6.03 Å². The number of likely N-dealkylation sites (tertiary alicyclic amines) is 1. The maximum atomic E-state index is 12.5. The molecule has 31 heavy (non-hydrogen) atoms. The maximum absolute atomic E-state index is 12.5. The van der Waals surface area contributed by atoms with Gasteiger partial charge in [0, 0.05) is 19.6 Å². The van der Waals surface area contributed by atoms with E-state index < -0.39 is 12.1 Å². The Morgan fingerprint density at radius 1 is 1.19 bits per heavy atom. The molecule has 1 aliphatic rings. The molecule has 2 aromatic rings. The molecule has 1 aromatic heterocycles. The number of urea groups is 1. The van der Waals surface area contributed by atoms with Crippen LogP contribution in [0.15, 0.2) is 36.7 Å². The fourth-order valence-electron chi connectivity index (χ4n) is 3.22. The van der Waals surface area contributed by atoms with Crippen molar-refractivity contribution in [1.29, 1.82) is 0 Å². The summed E-state index contributed by atoms with van der Waals surface area (Å²) in [5.41, 5.74) is 1.37. The quantitative estimate of drug-likeness (QED) is 0.743. The molecule has 2 N–H and O–H groups in total. The van der Waals surface area contributed by atoms with Crippen molar-refractivity contribution in [2.24, 2.45) is 0 Å². The number of aliphatic carboxylic acids is 1. The molecule has 0 radical (unpaired) electrons. The van der Waals surface area contributed by atoms with Crippen molar-refractivity contribution in [2.75, 3.05) is 18.4 Å². The summed E-state index contributed by atoms with van der Waals surface area (Å²) < 4.78 is 33.5. The molecule has 8 nitrogen and oxygen atoms in total. The summed E-state index contributed by atoms with van der Waals surface area (Å²) in [5.74, 6) is -1.84. The summed E-state index contributed by atoms with van der Waals surface area (Å²) in [4.78, 5) is 27.4. The lowest BCUT2D eigenvalue weighted by atomic mass is 9.92. The molecule has 1 unspecified atom stereocenters. The van der Waals surface area contributed by atoms with Crippen LogP contribution in [-0.2, 0) is 11.3 Å². The highest BCUT2D eigenvalue weighted by atomic mass is 19.4. The average molecular weight is 441 g/mol. The summed E-state index contributed by atoms with van der Waals surface area (Å²) in [6.07, 6.45) is 0.702. The van der Waals surface area contributed by atoms with Crippen molar-refractivity contribution in [3.05, 3.63) is 42.2 Å². The van der Waals surface area contributed by atoms with Gasteiger partial charge in [0.25, 0.3) is 0 Å². The SMILES string of the molecule is CCCn1cnc(NC(=O)N2CCCC(c3ccccc3)CC2)n1.O=C(O)C(F)(F)F. The van der Waals surface area contributed by atoms with Gasteiger partial charge in [0.05, 0.1) is 0 Å². The molecule has 1 atom stereocenters. The molecule has 1 fully saturated rings. The highest BCUT2D eigenvalue weighted by Crippen LogP contribution is 2.28. The van der Waals surface area contributed by atoms with E-state index in [1.165, 1.54) is 5.56 Å². The van der Waals surface area contributed by atoms with E-state index in [1.54, 1.807) is 11.0 Å². The number of aryl methyl sites for hydroxylation is 1. The zero-order valence-electron chi connectivity index (χ0n) is 17.2. The van der Waals surface area contributed by atoms with Crippen LogP contribution in [0.4, 0.5) is 23.9 Å². The highest BCUT2D eigenvalue weighted by molar-refractivity contribution is 5.87. The zero-order valence-corrected chi connectivity index (χ0v) is 17.2. The summed E-state index contributed by atoms with van der Waals surface area (Å²) in [7, 11) is 0. The van der Waals surface area contributed by atoms with Crippen molar-refractivity contribution in [1.82, 2.24) is 19.7 Å². The molecular formula is C20H26F3N5O3. The molecule has 0 saturated carbocycles. The van der Waals surface area contributed by atoms with Gasteiger partial charge in [-0.05, 0) is 37.2 Å². The average Bonchev–Trinajstić information content (AvgIpc) is 3.01. The van der Waals surface area contributed by atoms with Gasteiger partial charge in [-0.15, -0.1) is 5.10 Å². The lowest BCUT2D eigenvalue weighted by molar-refractivity contribution is -0.192. The third-order valence-electron chi connectivity index (χ3n) is 4.74. The zero-order chi connectivity index (χ0) is 22.9. The van der Waals surface area contributed by atoms with E-state index in [1.807, 2.05) is 11.0 Å². The summed E-state index contributed by atoms with van der Waals surface area (Å²) in [6.45, 7) is 4.44. The van der Waals surface area contributed by atoms with Gasteiger partial charge in [0.1, 0.15) is 6.33 Å². The van der Waals surface area contributed by atoms with Crippen molar-refractivity contribution >= 4 is 17.9 Å². The number of rotatable bonds is 4. The second kappa shape index (κ2) is 11.3. The number of hydrogen-bond donors (Lipinski definition) is 2. The van der Waals surface area contributed by atoms with E-state index in [9.17, 15) is 18.0 Å². The molecule has 170 valence electrons. The second-order valence-corrected chi connectivity index (χ2v) is 7.09. The first-order chi connectivity index (χ1) is 14.7. The molecule has 0 aliphatic carbocycles. The first-order valence-electron chi connectivity index (χ1n) is 10.0. The first kappa shape index (κ1) is 24.2. The van der Waals surface area contributed by atoms with Crippen molar-refractivity contribution < 1.29 is 27.9 Å². The minimum atomic E-state index is -5.08. The monoisotopic (exact) mass is 441 g/mol. The largest absolute Gasteiger partial charge is 0.490 e. The summed E-state index contributed by atoms with van der Waals surface area (Å²) in [6, 6.07) is 10.5. The smallest absolute Gasteiger partial charge is 0.475 e. The number of benzene rings is 1. The van der Waals surface area contributed by atoms with Gasteiger partial charge < -0.3 is 10.0 Å². The predicted octanol–water partition coefficient (Wildman–Crippen LogP) is 4.12. The number of carbonyl (C=O) groups is 2. The minimum Gasteiger partial charge on any atom is -0.475 e. The lowest BCUT2D eigenvalue weighted by Crippen LogP contribution is -2.36. The molecular weight excluding hydrogens is 415 g/mol. The molecule has 0 bridgehead atoms. The van der Waals surface area contributed by atoms with Crippen LogP contribution in [0.5, 0.6) is 0 Å². The van der Waals surface area contributed by atoms with Crippen molar-refractivity contribution in [2.45, 2.75) is 51.2 Å². The van der Waals surface area contributed by atoms with Crippen LogP contribution in [0.25, 0.3) is 0 Å². The van der Waals surface area contributed by atoms with Crippen LogP contribution in [0.2, 0.25) is 0 Å². The van der Waals surface area contributed by atoms with Gasteiger partial charge in [-0.2, -0.15) is 13.2 Å². The van der Waals surface area contributed by atoms with Crippen molar-refractivity contribution in [3.63, 3.8) is 0 Å². The Bertz CT molecular complexity index is 842. The topological polar surface area (TPSA) is 100 Å². The fraction of sp³-hybridized carbons (Fsp3) is 0.500. The number of halogens is 3. The number of anilines is 1. The lowest BCUT2D eigenvalue weighted by Gasteiger charge is -2.20. The maximum Gasteiger partial charge on any atom is 0.490 e. The number of carbonyl (C=O) groups excluding carboxylic acids is 1. The highest BCUT2D eigenvalue weighted by Gasteiger charge is 2.38. The van der Waals surface area contributed by atoms with Gasteiger partial charge in [0.2, 0.25) is 5.95 Å². The predicted molar refractivity (Wildman–Crippen MR) is 108 cm³/mol. The van der Waals surface area contributed by atoms with Crippen LogP contribution in [0, 0.1) is 0 Å². The third-order valence-corrected chi connectivity index (χ3v) is 4.74. The Morgan fingerprint density at radius 2 is 1.87 bits per heavy atom. The van der Waals surface area contributed by atoms with E-state index in [0.29, 0.717) is 11.9 Å². The molecule has 0 spiro atoms. The molecule has 2 amide bonds. The first-order valence-corrected chi connectivity index (χ1v) is 10.0. The van der Waals surface area contributed by atoms with Gasteiger partial charge in [-0.3, -0.25) is 10.00 Å². The molecule has 1 aliphatic heterocycles. The van der Waals surface area contributed by atoms with Crippen molar-refractivity contribution in [3.8, 4) is 0 Å². The van der Waals surface area contributed by atoms with Gasteiger partial charge >= 0.3 is 18.2 Å².